The van der Waals surface area contributed by atoms with E-state index >= 15 is 0 Å². The maximum Gasteiger partial charge on any atom is 0.422 e. The average Bonchev–Trinajstić information content (AvgIpc) is 3.22. The molecule has 216 valence electrons. The Labute approximate surface area is 229 Å². The minimum atomic E-state index is -4.68. The van der Waals surface area contributed by atoms with Gasteiger partial charge in [0.1, 0.15) is 12.0 Å². The van der Waals surface area contributed by atoms with Gasteiger partial charge in [0.05, 0.1) is 5.52 Å². The van der Waals surface area contributed by atoms with Crippen molar-refractivity contribution in [2.75, 3.05) is 26.3 Å². The minimum absolute atomic E-state index is 0.0782. The lowest BCUT2D eigenvalue weighted by molar-refractivity contribution is -0.153. The van der Waals surface area contributed by atoms with E-state index in [4.69, 9.17) is 9.84 Å². The number of halogens is 3. The summed E-state index contributed by atoms with van der Waals surface area (Å²) in [5.74, 6) is -1.48. The number of nitrogens with zero attached hydrogens (tertiary/aromatic N) is 3. The molecule has 40 heavy (non-hydrogen) atoms. The normalized spacial score (nSPS) is 14.5. The van der Waals surface area contributed by atoms with Gasteiger partial charge in [0, 0.05) is 38.4 Å². The summed E-state index contributed by atoms with van der Waals surface area (Å²) in [5.41, 5.74) is 1.30. The molecule has 2 N–H and O–H groups in total. The molecule has 0 aliphatic carbocycles. The maximum atomic E-state index is 13.8. The molecule has 3 aromatic rings. The van der Waals surface area contributed by atoms with Crippen molar-refractivity contribution in [3.8, 4) is 5.75 Å². The van der Waals surface area contributed by atoms with Gasteiger partial charge in [0.2, 0.25) is 5.91 Å². The van der Waals surface area contributed by atoms with E-state index in [0.29, 0.717) is 56.5 Å². The second-order valence-corrected chi connectivity index (χ2v) is 9.87. The first-order chi connectivity index (χ1) is 19.0. The minimum Gasteiger partial charge on any atom is -0.481 e. The van der Waals surface area contributed by atoms with Crippen LogP contribution in [0.4, 0.5) is 13.2 Å². The number of pyridine rings is 1. The number of fused-ring (bicyclic) bond motifs is 1. The summed E-state index contributed by atoms with van der Waals surface area (Å²) in [4.78, 5) is 40.5. The summed E-state index contributed by atoms with van der Waals surface area (Å²) in [6.07, 6.45) is -2.83. The van der Waals surface area contributed by atoms with Gasteiger partial charge in [-0.1, -0.05) is 37.3 Å². The molecule has 12 heteroatoms. The van der Waals surface area contributed by atoms with Gasteiger partial charge in [-0.15, -0.1) is 0 Å². The average molecular weight is 563 g/mol. The molecule has 1 aliphatic heterocycles. The smallest absolute Gasteiger partial charge is 0.422 e. The van der Waals surface area contributed by atoms with Crippen LogP contribution >= 0.6 is 0 Å². The SMILES string of the molecule is CCc1cc2c(c(OCC(F)(F)F)c(C(=O)NC3CCN(C(=O)CO)CC3)n2C)c(=O)n1CCc1ccccc1. The molecule has 2 amide bonds. The van der Waals surface area contributed by atoms with E-state index < -0.39 is 42.5 Å². The Morgan fingerprint density at radius 3 is 2.42 bits per heavy atom. The molecule has 4 rings (SSSR count). The number of hydrogen-bond donors (Lipinski definition) is 2. The van der Waals surface area contributed by atoms with Crippen LogP contribution in [0.1, 0.15) is 41.5 Å². The van der Waals surface area contributed by atoms with Gasteiger partial charge in [-0.25, -0.2) is 0 Å². The van der Waals surface area contributed by atoms with E-state index in [9.17, 15) is 27.6 Å². The molecular weight excluding hydrogens is 529 g/mol. The molecule has 0 saturated carbocycles. The zero-order valence-corrected chi connectivity index (χ0v) is 22.5. The first kappa shape index (κ1) is 29.2. The molecular formula is C28H33F3N4O5. The molecule has 0 unspecified atom stereocenters. The zero-order chi connectivity index (χ0) is 29.0. The number of aryl methyl sites for hydroxylation is 3. The lowest BCUT2D eigenvalue weighted by Crippen LogP contribution is -2.47. The fourth-order valence-electron chi connectivity index (χ4n) is 5.15. The Bertz CT molecular complexity index is 1420. The van der Waals surface area contributed by atoms with Crippen molar-refractivity contribution in [3.63, 3.8) is 0 Å². The zero-order valence-electron chi connectivity index (χ0n) is 22.5. The van der Waals surface area contributed by atoms with E-state index in [0.717, 1.165) is 5.56 Å². The number of alkyl halides is 3. The molecule has 0 spiro atoms. The monoisotopic (exact) mass is 562 g/mol. The number of carbonyl (C=O) groups is 2. The Kier molecular flexibility index (Phi) is 8.87. The van der Waals surface area contributed by atoms with E-state index in [-0.39, 0.29) is 17.1 Å². The summed E-state index contributed by atoms with van der Waals surface area (Å²) in [6, 6.07) is 10.9. The molecule has 0 bridgehead atoms. The van der Waals surface area contributed by atoms with Crippen LogP contribution in [0.5, 0.6) is 5.75 Å². The number of ether oxygens (including phenoxy) is 1. The van der Waals surface area contributed by atoms with Crippen LogP contribution in [0, 0.1) is 0 Å². The van der Waals surface area contributed by atoms with Crippen molar-refractivity contribution in [2.45, 2.75) is 51.4 Å². The lowest BCUT2D eigenvalue weighted by Gasteiger charge is -2.32. The summed E-state index contributed by atoms with van der Waals surface area (Å²) in [7, 11) is 1.52. The van der Waals surface area contributed by atoms with Crippen molar-refractivity contribution >= 4 is 22.7 Å². The van der Waals surface area contributed by atoms with E-state index in [1.165, 1.54) is 21.1 Å². The molecule has 1 fully saturated rings. The maximum absolute atomic E-state index is 13.8. The van der Waals surface area contributed by atoms with Gasteiger partial charge in [-0.3, -0.25) is 14.4 Å². The third kappa shape index (κ3) is 6.33. The number of rotatable bonds is 9. The van der Waals surface area contributed by atoms with Crippen molar-refractivity contribution in [2.24, 2.45) is 7.05 Å². The van der Waals surface area contributed by atoms with Crippen molar-refractivity contribution in [1.82, 2.24) is 19.4 Å². The highest BCUT2D eigenvalue weighted by atomic mass is 19.4. The predicted molar refractivity (Wildman–Crippen MR) is 142 cm³/mol. The number of likely N-dealkylation sites (tertiary alicyclic amines) is 1. The number of aliphatic hydroxyl groups is 1. The number of aromatic nitrogens is 2. The summed E-state index contributed by atoms with van der Waals surface area (Å²) in [6.45, 7) is 0.571. The summed E-state index contributed by atoms with van der Waals surface area (Å²) in [5, 5.41) is 11.8. The molecule has 2 aromatic heterocycles. The van der Waals surface area contributed by atoms with Gasteiger partial charge in [-0.2, -0.15) is 13.2 Å². The molecule has 9 nitrogen and oxygen atoms in total. The highest BCUT2D eigenvalue weighted by Gasteiger charge is 2.33. The molecule has 0 atom stereocenters. The highest BCUT2D eigenvalue weighted by molar-refractivity contribution is 6.04. The molecule has 3 heterocycles. The van der Waals surface area contributed by atoms with Gasteiger partial charge in [0.15, 0.2) is 18.1 Å². The van der Waals surface area contributed by atoms with Crippen LogP contribution in [0.15, 0.2) is 41.2 Å². The van der Waals surface area contributed by atoms with Crippen LogP contribution in [0.3, 0.4) is 0 Å². The fourth-order valence-corrected chi connectivity index (χ4v) is 5.15. The Morgan fingerprint density at radius 1 is 1.15 bits per heavy atom. The quantitative estimate of drug-likeness (QED) is 0.417. The number of piperidine rings is 1. The Hall–Kier alpha value is -3.80. The summed E-state index contributed by atoms with van der Waals surface area (Å²) < 4.78 is 47.8. The first-order valence-electron chi connectivity index (χ1n) is 13.2. The van der Waals surface area contributed by atoms with Gasteiger partial charge < -0.3 is 29.2 Å². The third-order valence-electron chi connectivity index (χ3n) is 7.25. The summed E-state index contributed by atoms with van der Waals surface area (Å²) >= 11 is 0. The predicted octanol–water partition coefficient (Wildman–Crippen LogP) is 2.80. The second-order valence-electron chi connectivity index (χ2n) is 9.87. The molecule has 1 aliphatic rings. The number of benzene rings is 1. The molecule has 1 saturated heterocycles. The number of nitrogens with one attached hydrogen (secondary N) is 1. The highest BCUT2D eigenvalue weighted by Crippen LogP contribution is 2.33. The Balaban J connectivity index is 1.71. The topological polar surface area (TPSA) is 106 Å². The van der Waals surface area contributed by atoms with Crippen LogP contribution in [-0.2, 0) is 31.2 Å². The third-order valence-corrected chi connectivity index (χ3v) is 7.25. The standard InChI is InChI=1S/C28H33F3N4O5/c1-3-20-15-21-23(27(39)35(20)14-9-18-7-5-4-6-8-18)25(40-17-28(29,30)31)24(33(21)2)26(38)32-19-10-12-34(13-11-19)22(37)16-36/h4-8,15,19,36H,3,9-14,16-17H2,1-2H3,(H,32,38). The van der Waals surface area contributed by atoms with Gasteiger partial charge in [0.25, 0.3) is 11.5 Å². The number of aliphatic hydroxyl groups excluding tert-OH is 1. The number of carbonyl (C=O) groups excluding carboxylic acids is 2. The number of hydrogen-bond acceptors (Lipinski definition) is 5. The van der Waals surface area contributed by atoms with E-state index in [1.807, 2.05) is 37.3 Å². The van der Waals surface area contributed by atoms with Crippen LogP contribution in [0.2, 0.25) is 0 Å². The molecule has 0 radical (unpaired) electrons. The van der Waals surface area contributed by atoms with Gasteiger partial charge >= 0.3 is 6.18 Å². The van der Waals surface area contributed by atoms with Crippen molar-refractivity contribution < 1.29 is 32.6 Å². The Morgan fingerprint density at radius 2 is 1.82 bits per heavy atom. The molecule has 1 aromatic carbocycles. The fraction of sp³-hybridized carbons (Fsp3) is 0.464. The van der Waals surface area contributed by atoms with Crippen LogP contribution < -0.4 is 15.6 Å². The first-order valence-corrected chi connectivity index (χ1v) is 13.2. The van der Waals surface area contributed by atoms with E-state index in [2.05, 4.69) is 5.32 Å². The van der Waals surface area contributed by atoms with Crippen LogP contribution in [0.25, 0.3) is 10.9 Å². The van der Waals surface area contributed by atoms with Crippen molar-refractivity contribution in [1.29, 1.82) is 0 Å². The largest absolute Gasteiger partial charge is 0.481 e. The van der Waals surface area contributed by atoms with Crippen LogP contribution in [-0.4, -0.2) is 69.5 Å². The van der Waals surface area contributed by atoms with E-state index in [1.54, 1.807) is 6.07 Å². The second kappa shape index (κ2) is 12.2. The number of amides is 2. The lowest BCUT2D eigenvalue weighted by atomic mass is 10.0. The van der Waals surface area contributed by atoms with Gasteiger partial charge in [-0.05, 0) is 37.3 Å². The van der Waals surface area contributed by atoms with Crippen molar-refractivity contribution in [3.05, 3.63) is 63.7 Å².